The van der Waals surface area contributed by atoms with Crippen LogP contribution in [0.2, 0.25) is 0 Å². The average Bonchev–Trinajstić information content (AvgIpc) is 3.42. The summed E-state index contributed by atoms with van der Waals surface area (Å²) in [6, 6.07) is 13.6. The number of nitrogens with one attached hydrogen (secondary N) is 1. The van der Waals surface area contributed by atoms with Crippen LogP contribution in [0.5, 0.6) is 0 Å². The van der Waals surface area contributed by atoms with Crippen LogP contribution in [0.1, 0.15) is 19.1 Å². The first-order chi connectivity index (χ1) is 13.1. The highest BCUT2D eigenvalue weighted by atomic mass is 16.1. The molecule has 2 atom stereocenters. The number of hydrogen-bond donors (Lipinski definition) is 1. The van der Waals surface area contributed by atoms with Gasteiger partial charge in [-0.15, -0.1) is 0 Å². The van der Waals surface area contributed by atoms with Crippen LogP contribution >= 0.6 is 0 Å². The van der Waals surface area contributed by atoms with E-state index in [1.54, 1.807) is 6.07 Å². The van der Waals surface area contributed by atoms with Gasteiger partial charge in [0.05, 0.1) is 5.39 Å². The van der Waals surface area contributed by atoms with E-state index < -0.39 is 0 Å². The molecule has 0 amide bonds. The number of aromatic nitrogens is 2. The van der Waals surface area contributed by atoms with E-state index in [9.17, 15) is 4.79 Å². The Balaban J connectivity index is 0.00000192. The molecule has 4 nitrogen and oxygen atoms in total. The fourth-order valence-electron chi connectivity index (χ4n) is 3.72. The first-order valence-corrected chi connectivity index (χ1v) is 9.36. The van der Waals surface area contributed by atoms with Crippen LogP contribution in [-0.4, -0.2) is 9.55 Å². The zero-order valence-electron chi connectivity index (χ0n) is 15.4. The minimum atomic E-state index is -0.0203. The van der Waals surface area contributed by atoms with Crippen molar-refractivity contribution in [1.29, 1.82) is 0 Å². The molecule has 3 aromatic rings. The van der Waals surface area contributed by atoms with E-state index in [2.05, 4.69) is 47.2 Å². The van der Waals surface area contributed by atoms with Crippen LogP contribution in [0.15, 0.2) is 65.5 Å². The van der Waals surface area contributed by atoms with Gasteiger partial charge in [-0.25, -0.2) is 4.98 Å². The van der Waals surface area contributed by atoms with Crippen LogP contribution in [0.3, 0.4) is 0 Å². The Morgan fingerprint density at radius 3 is 2.70 bits per heavy atom. The van der Waals surface area contributed by atoms with E-state index in [4.69, 9.17) is 4.98 Å². The van der Waals surface area contributed by atoms with Crippen molar-refractivity contribution in [3.05, 3.63) is 82.2 Å². The lowest BCUT2D eigenvalue weighted by Crippen LogP contribution is -2.15. The fourth-order valence-corrected chi connectivity index (χ4v) is 3.72. The van der Waals surface area contributed by atoms with E-state index in [-0.39, 0.29) is 6.86 Å². The lowest BCUT2D eigenvalue weighted by Gasteiger charge is -2.20. The second-order valence-corrected chi connectivity index (χ2v) is 7.56. The molecule has 1 saturated carbocycles. The van der Waals surface area contributed by atoms with Gasteiger partial charge < -0.3 is 5.32 Å². The molecule has 0 saturated heterocycles. The van der Waals surface area contributed by atoms with Crippen LogP contribution in [0.4, 0.5) is 11.5 Å². The topological polar surface area (TPSA) is 46.9 Å². The Kier molecular flexibility index (Phi) is 3.54. The Hall–Kier alpha value is -3.14. The highest BCUT2D eigenvalue weighted by molar-refractivity contribution is 5.85. The van der Waals surface area contributed by atoms with Gasteiger partial charge in [0.15, 0.2) is 5.43 Å². The van der Waals surface area contributed by atoms with E-state index in [1.165, 1.54) is 12.0 Å². The molecule has 2 aliphatic carbocycles. The van der Waals surface area contributed by atoms with E-state index in [1.807, 2.05) is 31.2 Å². The molecule has 5 rings (SSSR count). The Labute approximate surface area is 159 Å². The van der Waals surface area contributed by atoms with Crippen molar-refractivity contribution in [1.82, 2.24) is 9.55 Å². The van der Waals surface area contributed by atoms with Crippen molar-refractivity contribution >= 4 is 28.2 Å². The molecule has 136 valence electrons. The van der Waals surface area contributed by atoms with Gasteiger partial charge in [0, 0.05) is 24.6 Å². The number of benzene rings is 1. The lowest BCUT2D eigenvalue weighted by molar-refractivity contribution is 0.959. The van der Waals surface area contributed by atoms with E-state index >= 15 is 0 Å². The highest BCUT2D eigenvalue weighted by Gasteiger charge is 2.35. The zero-order valence-corrected chi connectivity index (χ0v) is 15.4. The molecule has 2 aromatic heterocycles. The van der Waals surface area contributed by atoms with Crippen LogP contribution in [0.25, 0.3) is 16.7 Å². The van der Waals surface area contributed by atoms with Gasteiger partial charge in [-0.1, -0.05) is 29.8 Å². The summed E-state index contributed by atoms with van der Waals surface area (Å²) in [5.41, 5.74) is 4.80. The number of rotatable bonds is 3. The highest BCUT2D eigenvalue weighted by Crippen LogP contribution is 2.45. The molecule has 2 unspecified atom stereocenters. The minimum Gasteiger partial charge on any atom is -0.341 e. The molecular weight excluding hydrogens is 334 g/mol. The molecule has 1 fully saturated rings. The maximum Gasteiger partial charge on any atom is 0.193 e. The number of allylic oxidation sites excluding steroid dienone is 4. The molecule has 0 aliphatic heterocycles. The third kappa shape index (κ3) is 2.87. The molecule has 4 heteroatoms. The second kappa shape index (κ2) is 5.95. The summed E-state index contributed by atoms with van der Waals surface area (Å²) in [5, 5.41) is 4.07. The molecular formula is C23H23N3O. The second-order valence-electron chi connectivity index (χ2n) is 7.56. The van der Waals surface area contributed by atoms with Gasteiger partial charge in [-0.2, -0.15) is 0 Å². The van der Waals surface area contributed by atoms with Crippen molar-refractivity contribution in [2.75, 3.05) is 5.32 Å². The number of pyridine rings is 2. The quantitative estimate of drug-likeness (QED) is 0.713. The molecule has 1 N–H and O–H groups in total. The predicted octanol–water partition coefficient (Wildman–Crippen LogP) is 5.05. The SMILES string of the molecule is Cc1ccc(Nc2cc(=O)c3ccc(C)nc3n2C2=CC3CC3C=C2)cc1.[HH]. The van der Waals surface area contributed by atoms with Crippen molar-refractivity contribution in [2.45, 2.75) is 20.3 Å². The van der Waals surface area contributed by atoms with Gasteiger partial charge >= 0.3 is 0 Å². The number of nitrogens with zero attached hydrogens (tertiary/aromatic N) is 2. The summed E-state index contributed by atoms with van der Waals surface area (Å²) in [4.78, 5) is 17.4. The van der Waals surface area contributed by atoms with Crippen molar-refractivity contribution in [3.8, 4) is 0 Å². The summed E-state index contributed by atoms with van der Waals surface area (Å²) in [6.45, 7) is 4.02. The molecule has 1 aromatic carbocycles. The summed E-state index contributed by atoms with van der Waals surface area (Å²) in [6.07, 6.45) is 7.95. The summed E-state index contributed by atoms with van der Waals surface area (Å²) in [5.74, 6) is 2.03. The largest absolute Gasteiger partial charge is 0.341 e. The van der Waals surface area contributed by atoms with Gasteiger partial charge in [0.2, 0.25) is 0 Å². The Morgan fingerprint density at radius 2 is 1.93 bits per heavy atom. The van der Waals surface area contributed by atoms with Crippen molar-refractivity contribution < 1.29 is 1.43 Å². The number of aryl methyl sites for hydroxylation is 2. The lowest BCUT2D eigenvalue weighted by atomic mass is 10.1. The van der Waals surface area contributed by atoms with Gasteiger partial charge in [0.1, 0.15) is 11.5 Å². The molecule has 0 radical (unpaired) electrons. The maximum atomic E-state index is 12.7. The Bertz CT molecular complexity index is 1170. The third-order valence-corrected chi connectivity index (χ3v) is 5.37. The van der Waals surface area contributed by atoms with Crippen molar-refractivity contribution in [2.24, 2.45) is 11.8 Å². The predicted molar refractivity (Wildman–Crippen MR) is 112 cm³/mol. The minimum absolute atomic E-state index is 0. The normalized spacial score (nSPS) is 20.3. The van der Waals surface area contributed by atoms with Gasteiger partial charge in [-0.3, -0.25) is 9.36 Å². The molecule has 2 heterocycles. The first kappa shape index (κ1) is 16.1. The van der Waals surface area contributed by atoms with Crippen LogP contribution < -0.4 is 10.7 Å². The molecule has 0 spiro atoms. The smallest absolute Gasteiger partial charge is 0.193 e. The summed E-state index contributed by atoms with van der Waals surface area (Å²) >= 11 is 0. The standard InChI is InChI=1S/C23H21N3O.H2/c1-14-3-7-18(8-4-14)25-22-13-21(27)20-10-5-15(2)24-23(20)26(22)19-9-6-16-11-17(16)12-19;/h3-10,12-13,16-17,25H,11H2,1-2H3;1H. The van der Waals surface area contributed by atoms with Crippen molar-refractivity contribution in [3.63, 3.8) is 0 Å². The molecule has 27 heavy (non-hydrogen) atoms. The van der Waals surface area contributed by atoms with Gasteiger partial charge in [-0.05, 0) is 62.4 Å². The third-order valence-electron chi connectivity index (χ3n) is 5.37. The Morgan fingerprint density at radius 1 is 1.11 bits per heavy atom. The fraction of sp³-hybridized carbons (Fsp3) is 0.217. The number of anilines is 2. The van der Waals surface area contributed by atoms with Crippen LogP contribution in [0, 0.1) is 25.7 Å². The molecule has 2 aliphatic rings. The van der Waals surface area contributed by atoms with Crippen LogP contribution in [-0.2, 0) is 0 Å². The van der Waals surface area contributed by atoms with E-state index in [0.717, 1.165) is 22.9 Å². The average molecular weight is 357 g/mol. The maximum absolute atomic E-state index is 12.7. The monoisotopic (exact) mass is 357 g/mol. The number of hydrogen-bond acceptors (Lipinski definition) is 3. The molecule has 0 bridgehead atoms. The summed E-state index contributed by atoms with van der Waals surface area (Å²) < 4.78 is 2.08. The summed E-state index contributed by atoms with van der Waals surface area (Å²) in [7, 11) is 0. The van der Waals surface area contributed by atoms with E-state index in [0.29, 0.717) is 22.9 Å². The van der Waals surface area contributed by atoms with Gasteiger partial charge in [0.25, 0.3) is 0 Å². The number of fused-ring (bicyclic) bond motifs is 2. The zero-order chi connectivity index (χ0) is 18.5. The first-order valence-electron chi connectivity index (χ1n) is 9.36.